The molecule has 0 aliphatic carbocycles. The summed E-state index contributed by atoms with van der Waals surface area (Å²) in [5, 5.41) is 11.8. The lowest BCUT2D eigenvalue weighted by atomic mass is 10.2. The summed E-state index contributed by atoms with van der Waals surface area (Å²) >= 11 is 3.54. The van der Waals surface area contributed by atoms with Crippen molar-refractivity contribution in [2.45, 2.75) is 32.6 Å². The van der Waals surface area contributed by atoms with E-state index in [-0.39, 0.29) is 6.42 Å². The van der Waals surface area contributed by atoms with E-state index < -0.39 is 5.97 Å². The van der Waals surface area contributed by atoms with Gasteiger partial charge in [0.2, 0.25) is 0 Å². The molecule has 3 nitrogen and oxygen atoms in total. The Hall–Kier alpha value is -1.03. The minimum Gasteiger partial charge on any atom is -0.481 e. The number of rotatable bonds is 7. The van der Waals surface area contributed by atoms with Gasteiger partial charge in [-0.3, -0.25) is 4.79 Å². The number of carbonyl (C=O) groups is 1. The molecule has 0 spiro atoms. The first-order valence-electron chi connectivity index (χ1n) is 5.82. The van der Waals surface area contributed by atoms with Crippen LogP contribution < -0.4 is 5.32 Å². The maximum Gasteiger partial charge on any atom is 0.303 e. The summed E-state index contributed by atoms with van der Waals surface area (Å²) in [6.07, 6.45) is 2.97. The number of hydrogen-bond acceptors (Lipinski definition) is 2. The van der Waals surface area contributed by atoms with E-state index in [1.165, 1.54) is 5.56 Å². The number of aliphatic carboxylic acids is 1. The lowest BCUT2D eigenvalue weighted by molar-refractivity contribution is -0.137. The monoisotopic (exact) mass is 299 g/mol. The number of anilines is 1. The highest BCUT2D eigenvalue weighted by Gasteiger charge is 2.01. The van der Waals surface area contributed by atoms with Crippen molar-refractivity contribution in [2.75, 3.05) is 11.9 Å². The van der Waals surface area contributed by atoms with Gasteiger partial charge in [0.05, 0.1) is 0 Å². The maximum atomic E-state index is 10.3. The predicted octanol–water partition coefficient (Wildman–Crippen LogP) is 3.81. The topological polar surface area (TPSA) is 49.3 Å². The molecule has 0 bridgehead atoms. The van der Waals surface area contributed by atoms with Gasteiger partial charge in [0, 0.05) is 23.1 Å². The molecule has 0 saturated carbocycles. The Morgan fingerprint density at radius 1 is 1.35 bits per heavy atom. The molecule has 0 amide bonds. The number of carboxylic acid groups (broad SMARTS) is 1. The van der Waals surface area contributed by atoms with Gasteiger partial charge in [-0.1, -0.05) is 18.6 Å². The molecule has 0 aliphatic heterocycles. The van der Waals surface area contributed by atoms with Crippen molar-refractivity contribution in [3.63, 3.8) is 0 Å². The lowest BCUT2D eigenvalue weighted by Gasteiger charge is -2.09. The van der Waals surface area contributed by atoms with Crippen LogP contribution in [0.25, 0.3) is 0 Å². The van der Waals surface area contributed by atoms with Gasteiger partial charge in [-0.25, -0.2) is 0 Å². The van der Waals surface area contributed by atoms with Crippen LogP contribution in [0, 0.1) is 6.92 Å². The predicted molar refractivity (Wildman–Crippen MR) is 73.5 cm³/mol. The summed E-state index contributed by atoms with van der Waals surface area (Å²) in [6, 6.07) is 6.11. The summed E-state index contributed by atoms with van der Waals surface area (Å²) in [7, 11) is 0. The van der Waals surface area contributed by atoms with Gasteiger partial charge in [0.1, 0.15) is 0 Å². The van der Waals surface area contributed by atoms with Crippen molar-refractivity contribution >= 4 is 27.6 Å². The van der Waals surface area contributed by atoms with Crippen LogP contribution in [0.4, 0.5) is 5.69 Å². The van der Waals surface area contributed by atoms with Crippen molar-refractivity contribution in [3.8, 4) is 0 Å². The molecule has 17 heavy (non-hydrogen) atoms. The van der Waals surface area contributed by atoms with Crippen LogP contribution in [0.2, 0.25) is 0 Å². The van der Waals surface area contributed by atoms with Crippen LogP contribution >= 0.6 is 15.9 Å². The average molecular weight is 300 g/mol. The minimum absolute atomic E-state index is 0.272. The molecule has 0 saturated heterocycles. The highest BCUT2D eigenvalue weighted by molar-refractivity contribution is 9.10. The van der Waals surface area contributed by atoms with Crippen molar-refractivity contribution in [2.24, 2.45) is 0 Å². The molecule has 0 fully saturated rings. The van der Waals surface area contributed by atoms with Gasteiger partial charge in [-0.05, 0) is 47.3 Å². The summed E-state index contributed by atoms with van der Waals surface area (Å²) in [6.45, 7) is 2.93. The van der Waals surface area contributed by atoms with Gasteiger partial charge in [0.25, 0.3) is 0 Å². The van der Waals surface area contributed by atoms with Gasteiger partial charge in [-0.15, -0.1) is 0 Å². The minimum atomic E-state index is -0.709. The summed E-state index contributed by atoms with van der Waals surface area (Å²) < 4.78 is 1.10. The molecular formula is C13H18BrNO2. The fraction of sp³-hybridized carbons (Fsp3) is 0.462. The Balaban J connectivity index is 2.22. The van der Waals surface area contributed by atoms with Gasteiger partial charge >= 0.3 is 5.97 Å². The highest BCUT2D eigenvalue weighted by atomic mass is 79.9. The molecule has 1 rings (SSSR count). The van der Waals surface area contributed by atoms with Crippen LogP contribution in [0.1, 0.15) is 31.2 Å². The van der Waals surface area contributed by atoms with Crippen LogP contribution in [-0.2, 0) is 4.79 Å². The Bertz CT molecular complexity index is 380. The Morgan fingerprint density at radius 3 is 2.82 bits per heavy atom. The Morgan fingerprint density at radius 2 is 2.12 bits per heavy atom. The van der Waals surface area contributed by atoms with Gasteiger partial charge in [-0.2, -0.15) is 0 Å². The summed E-state index contributed by atoms with van der Waals surface area (Å²) in [4.78, 5) is 10.3. The normalized spacial score (nSPS) is 10.2. The number of benzene rings is 1. The smallest absolute Gasteiger partial charge is 0.303 e. The second-order valence-corrected chi connectivity index (χ2v) is 4.86. The first kappa shape index (κ1) is 14.0. The zero-order chi connectivity index (χ0) is 12.7. The second kappa shape index (κ2) is 7.33. The third-order valence-corrected chi connectivity index (χ3v) is 3.63. The number of hydrogen-bond donors (Lipinski definition) is 2. The van der Waals surface area contributed by atoms with Crippen LogP contribution in [0.15, 0.2) is 22.7 Å². The molecule has 4 heteroatoms. The standard InChI is InChI=1S/C13H18BrNO2/c1-10-6-5-7-11(13(10)14)15-9-4-2-3-8-12(16)17/h5-7,15H,2-4,8-9H2,1H3,(H,16,17). The second-order valence-electron chi connectivity index (χ2n) is 4.07. The fourth-order valence-corrected chi connectivity index (χ4v) is 1.99. The summed E-state index contributed by atoms with van der Waals surface area (Å²) in [5.41, 5.74) is 2.31. The van der Waals surface area contributed by atoms with E-state index in [2.05, 4.69) is 34.2 Å². The SMILES string of the molecule is Cc1cccc(NCCCCCC(=O)O)c1Br. The van der Waals surface area contributed by atoms with Gasteiger partial charge < -0.3 is 10.4 Å². The molecule has 0 heterocycles. The number of unbranched alkanes of at least 4 members (excludes halogenated alkanes) is 2. The third-order valence-electron chi connectivity index (χ3n) is 2.57. The van der Waals surface area contributed by atoms with Crippen LogP contribution in [-0.4, -0.2) is 17.6 Å². The zero-order valence-corrected chi connectivity index (χ0v) is 11.6. The molecule has 0 unspecified atom stereocenters. The van der Waals surface area contributed by atoms with E-state index >= 15 is 0 Å². The largest absolute Gasteiger partial charge is 0.481 e. The molecule has 0 aromatic heterocycles. The van der Waals surface area contributed by atoms with E-state index in [4.69, 9.17) is 5.11 Å². The average Bonchev–Trinajstić information content (AvgIpc) is 2.28. The van der Waals surface area contributed by atoms with E-state index in [1.54, 1.807) is 0 Å². The number of halogens is 1. The van der Waals surface area contributed by atoms with E-state index in [9.17, 15) is 4.79 Å². The first-order valence-corrected chi connectivity index (χ1v) is 6.61. The molecule has 0 radical (unpaired) electrons. The third kappa shape index (κ3) is 5.22. The summed E-state index contributed by atoms with van der Waals surface area (Å²) in [5.74, 6) is -0.709. The first-order chi connectivity index (χ1) is 8.11. The molecule has 1 aromatic rings. The lowest BCUT2D eigenvalue weighted by Crippen LogP contribution is -2.03. The number of nitrogens with one attached hydrogen (secondary N) is 1. The molecule has 2 N–H and O–H groups in total. The van der Waals surface area contributed by atoms with Crippen molar-refractivity contribution in [1.29, 1.82) is 0 Å². The number of aryl methyl sites for hydroxylation is 1. The van der Waals surface area contributed by atoms with E-state index in [1.807, 2.05) is 12.1 Å². The molecule has 0 atom stereocenters. The Labute approximate surface area is 110 Å². The molecule has 0 aliphatic rings. The molecule has 1 aromatic carbocycles. The fourth-order valence-electron chi connectivity index (χ4n) is 1.59. The molecular weight excluding hydrogens is 282 g/mol. The number of carboxylic acids is 1. The van der Waals surface area contributed by atoms with Crippen LogP contribution in [0.5, 0.6) is 0 Å². The van der Waals surface area contributed by atoms with Crippen molar-refractivity contribution in [1.82, 2.24) is 0 Å². The van der Waals surface area contributed by atoms with Crippen LogP contribution in [0.3, 0.4) is 0 Å². The maximum absolute atomic E-state index is 10.3. The van der Waals surface area contributed by atoms with Crippen molar-refractivity contribution in [3.05, 3.63) is 28.2 Å². The molecule has 94 valence electrons. The van der Waals surface area contributed by atoms with Gasteiger partial charge in [0.15, 0.2) is 0 Å². The zero-order valence-electron chi connectivity index (χ0n) is 10.0. The Kier molecular flexibility index (Phi) is 6.05. The van der Waals surface area contributed by atoms with Crippen molar-refractivity contribution < 1.29 is 9.90 Å². The highest BCUT2D eigenvalue weighted by Crippen LogP contribution is 2.25. The van der Waals surface area contributed by atoms with E-state index in [0.29, 0.717) is 0 Å². The van der Waals surface area contributed by atoms with E-state index in [0.717, 1.165) is 36.0 Å². The quantitative estimate of drug-likeness (QED) is 0.753.